The van der Waals surface area contributed by atoms with E-state index in [1.54, 1.807) is 0 Å². The monoisotopic (exact) mass is 458 g/mol. The number of ether oxygens (including phenoxy) is 1. The van der Waals surface area contributed by atoms with E-state index in [2.05, 4.69) is 6.92 Å². The zero-order valence-corrected chi connectivity index (χ0v) is 20.8. The number of cyclic esters (lactones) is 1. The second-order valence-corrected chi connectivity index (χ2v) is 13.0. The molecule has 0 radical (unpaired) electrons. The molecule has 2 saturated carbocycles. The summed E-state index contributed by atoms with van der Waals surface area (Å²) in [5.41, 5.74) is -2.15. The van der Waals surface area contributed by atoms with Gasteiger partial charge in [-0.05, 0) is 67.3 Å². The van der Waals surface area contributed by atoms with Crippen molar-refractivity contribution in [2.45, 2.75) is 104 Å². The molecule has 0 bridgehead atoms. The minimum atomic E-state index is -0.980. The van der Waals surface area contributed by atoms with E-state index in [1.807, 2.05) is 34.6 Å². The van der Waals surface area contributed by atoms with Gasteiger partial charge in [-0.15, -0.1) is 0 Å². The number of esters is 1. The van der Waals surface area contributed by atoms with Gasteiger partial charge in [-0.2, -0.15) is 0 Å². The van der Waals surface area contributed by atoms with Gasteiger partial charge in [0.25, 0.3) is 0 Å². The minimum absolute atomic E-state index is 0.0102. The van der Waals surface area contributed by atoms with Crippen molar-refractivity contribution in [3.63, 3.8) is 0 Å². The number of aliphatic hydroxyl groups excluding tert-OH is 2. The summed E-state index contributed by atoms with van der Waals surface area (Å²) in [4.78, 5) is 39.9. The van der Waals surface area contributed by atoms with Crippen LogP contribution in [0, 0.1) is 33.5 Å². The maximum absolute atomic E-state index is 14.0. The number of ketones is 2. The molecule has 1 heterocycles. The number of hydrogen-bond acceptors (Lipinski definition) is 6. The molecule has 182 valence electrons. The van der Waals surface area contributed by atoms with Crippen LogP contribution >= 0.6 is 0 Å². The predicted molar refractivity (Wildman–Crippen MR) is 121 cm³/mol. The van der Waals surface area contributed by atoms with Crippen LogP contribution in [0.2, 0.25) is 0 Å². The standard InChI is InChI=1S/C27H38O6/c1-23(2)16-11-14(28)22-21(24(16,3)9-7-18(23)30)15(29)13-25(4)17(12-19(31)27(22,25)6)26(5)10-8-20(32)33-26/h14,16-18,28,30H,7-13H2,1-6H3/t14-,16-,17-,18-,24-,25+,26-,27-/m0/s1. The van der Waals surface area contributed by atoms with Crippen molar-refractivity contribution < 1.29 is 29.3 Å². The molecule has 33 heavy (non-hydrogen) atoms. The lowest BCUT2D eigenvalue weighted by atomic mass is 9.42. The van der Waals surface area contributed by atoms with E-state index >= 15 is 0 Å². The second kappa shape index (κ2) is 6.57. The van der Waals surface area contributed by atoms with Crippen LogP contribution in [0.5, 0.6) is 0 Å². The lowest BCUT2D eigenvalue weighted by Crippen LogP contribution is -2.61. The molecule has 2 N–H and O–H groups in total. The number of fused-ring (bicyclic) bond motifs is 4. The van der Waals surface area contributed by atoms with Crippen LogP contribution in [-0.2, 0) is 19.1 Å². The summed E-state index contributed by atoms with van der Waals surface area (Å²) in [7, 11) is 0. The van der Waals surface area contributed by atoms with E-state index in [0.29, 0.717) is 43.3 Å². The Balaban J connectivity index is 1.69. The number of allylic oxidation sites excluding steroid dienone is 1. The Morgan fingerprint density at radius 1 is 0.939 bits per heavy atom. The van der Waals surface area contributed by atoms with Crippen molar-refractivity contribution in [3.8, 4) is 0 Å². The fourth-order valence-corrected chi connectivity index (χ4v) is 9.08. The van der Waals surface area contributed by atoms with Crippen molar-refractivity contribution in [1.29, 1.82) is 0 Å². The van der Waals surface area contributed by atoms with Crippen molar-refractivity contribution >= 4 is 17.5 Å². The van der Waals surface area contributed by atoms with Crippen molar-refractivity contribution in [2.24, 2.45) is 33.5 Å². The van der Waals surface area contributed by atoms with Crippen LogP contribution in [0.4, 0.5) is 0 Å². The average molecular weight is 459 g/mol. The first-order valence-corrected chi connectivity index (χ1v) is 12.5. The molecule has 0 aromatic carbocycles. The van der Waals surface area contributed by atoms with E-state index in [4.69, 9.17) is 4.74 Å². The Morgan fingerprint density at radius 3 is 2.21 bits per heavy atom. The van der Waals surface area contributed by atoms with Crippen LogP contribution < -0.4 is 0 Å². The number of hydrogen-bond donors (Lipinski definition) is 2. The first-order chi connectivity index (χ1) is 15.1. The van der Waals surface area contributed by atoms with Crippen molar-refractivity contribution in [1.82, 2.24) is 0 Å². The zero-order valence-electron chi connectivity index (χ0n) is 20.8. The molecule has 5 aliphatic rings. The number of rotatable bonds is 1. The smallest absolute Gasteiger partial charge is 0.306 e. The van der Waals surface area contributed by atoms with Gasteiger partial charge in [0, 0.05) is 30.8 Å². The molecule has 8 atom stereocenters. The molecule has 0 aromatic heterocycles. The zero-order chi connectivity index (χ0) is 24.4. The van der Waals surface area contributed by atoms with E-state index in [-0.39, 0.29) is 42.2 Å². The van der Waals surface area contributed by atoms with E-state index in [9.17, 15) is 24.6 Å². The van der Waals surface area contributed by atoms with Gasteiger partial charge in [0.15, 0.2) is 5.78 Å². The van der Waals surface area contributed by atoms with Gasteiger partial charge in [-0.25, -0.2) is 0 Å². The fraction of sp³-hybridized carbons (Fsp3) is 0.815. The number of carbonyl (C=O) groups is 3. The minimum Gasteiger partial charge on any atom is -0.459 e. The van der Waals surface area contributed by atoms with E-state index < -0.39 is 39.5 Å². The quantitative estimate of drug-likeness (QED) is 0.583. The fourth-order valence-electron chi connectivity index (χ4n) is 9.08. The highest BCUT2D eigenvalue weighted by atomic mass is 16.6. The highest BCUT2D eigenvalue weighted by Gasteiger charge is 2.72. The highest BCUT2D eigenvalue weighted by Crippen LogP contribution is 2.71. The van der Waals surface area contributed by atoms with Gasteiger partial charge in [-0.3, -0.25) is 14.4 Å². The molecular formula is C27H38O6. The van der Waals surface area contributed by atoms with Crippen LogP contribution in [0.15, 0.2) is 11.1 Å². The summed E-state index contributed by atoms with van der Waals surface area (Å²) in [5, 5.41) is 22.3. The summed E-state index contributed by atoms with van der Waals surface area (Å²) in [5.74, 6) is -0.527. The molecule has 5 rings (SSSR count). The summed E-state index contributed by atoms with van der Waals surface area (Å²) >= 11 is 0. The molecule has 3 fully saturated rings. The van der Waals surface area contributed by atoms with Crippen LogP contribution in [-0.4, -0.2) is 45.6 Å². The first-order valence-electron chi connectivity index (χ1n) is 12.5. The Hall–Kier alpha value is -1.53. The molecule has 6 nitrogen and oxygen atoms in total. The summed E-state index contributed by atoms with van der Waals surface area (Å²) < 4.78 is 5.77. The number of aliphatic hydroxyl groups is 2. The van der Waals surface area contributed by atoms with Gasteiger partial charge >= 0.3 is 5.97 Å². The predicted octanol–water partition coefficient (Wildman–Crippen LogP) is 3.52. The number of carbonyl (C=O) groups excluding carboxylic acids is 3. The van der Waals surface area contributed by atoms with Crippen LogP contribution in [0.1, 0.15) is 86.5 Å². The molecule has 0 unspecified atom stereocenters. The van der Waals surface area contributed by atoms with E-state index in [0.717, 1.165) is 0 Å². The normalized spacial score (nSPS) is 51.2. The Morgan fingerprint density at radius 2 is 1.61 bits per heavy atom. The van der Waals surface area contributed by atoms with Crippen molar-refractivity contribution in [2.75, 3.05) is 0 Å². The maximum Gasteiger partial charge on any atom is 0.306 e. The summed E-state index contributed by atoms with van der Waals surface area (Å²) in [6.07, 6.45) is 1.64. The second-order valence-electron chi connectivity index (χ2n) is 13.0. The molecule has 6 heteroatoms. The molecule has 4 aliphatic carbocycles. The van der Waals surface area contributed by atoms with Gasteiger partial charge < -0.3 is 14.9 Å². The highest BCUT2D eigenvalue weighted by molar-refractivity contribution is 6.05. The topological polar surface area (TPSA) is 101 Å². The Kier molecular flexibility index (Phi) is 4.62. The lowest BCUT2D eigenvalue weighted by Gasteiger charge is -2.61. The van der Waals surface area contributed by atoms with Gasteiger partial charge in [0.1, 0.15) is 11.4 Å². The van der Waals surface area contributed by atoms with Gasteiger partial charge in [0.05, 0.1) is 17.6 Å². The number of Topliss-reactive ketones (excluding diaryl/α,β-unsaturated/α-hetero) is 2. The Bertz CT molecular complexity index is 995. The van der Waals surface area contributed by atoms with Crippen LogP contribution in [0.3, 0.4) is 0 Å². The van der Waals surface area contributed by atoms with Gasteiger partial charge in [0.2, 0.25) is 0 Å². The molecule has 0 aromatic rings. The largest absolute Gasteiger partial charge is 0.459 e. The van der Waals surface area contributed by atoms with Gasteiger partial charge in [-0.1, -0.05) is 27.7 Å². The Labute approximate surface area is 196 Å². The lowest BCUT2D eigenvalue weighted by molar-refractivity contribution is -0.159. The molecular weight excluding hydrogens is 420 g/mol. The van der Waals surface area contributed by atoms with Crippen LogP contribution in [0.25, 0.3) is 0 Å². The molecule has 0 spiro atoms. The van der Waals surface area contributed by atoms with Crippen molar-refractivity contribution in [3.05, 3.63) is 11.1 Å². The average Bonchev–Trinajstić information content (AvgIpc) is 3.16. The third-order valence-electron chi connectivity index (χ3n) is 11.2. The molecule has 1 saturated heterocycles. The molecule has 0 amide bonds. The molecule has 1 aliphatic heterocycles. The third kappa shape index (κ3) is 2.60. The SMILES string of the molecule is CC1(C)[C@@H](O)CC[C@]2(C)C3=C([C@@H](O)C[C@@H]12)[C@]1(C)C(=O)C[C@H]([C@]2(C)CCC(=O)O2)[C@@]1(C)CC3=O. The third-order valence-corrected chi connectivity index (χ3v) is 11.2. The summed E-state index contributed by atoms with van der Waals surface area (Å²) in [6.45, 7) is 12.0. The maximum atomic E-state index is 14.0. The van der Waals surface area contributed by atoms with E-state index in [1.165, 1.54) is 0 Å². The summed E-state index contributed by atoms with van der Waals surface area (Å²) in [6, 6.07) is 0. The first kappa shape index (κ1) is 23.2.